The van der Waals surface area contributed by atoms with Crippen LogP contribution in [-0.4, -0.2) is 21.5 Å². The molecule has 4 nitrogen and oxygen atoms in total. The van der Waals surface area contributed by atoms with Gasteiger partial charge in [0.05, 0.1) is 18.4 Å². The monoisotopic (exact) mass is 286 g/mol. The highest BCUT2D eigenvalue weighted by Crippen LogP contribution is 2.39. The minimum atomic E-state index is -0.468. The summed E-state index contributed by atoms with van der Waals surface area (Å²) >= 11 is 0. The number of hydrogen-bond acceptors (Lipinski definition) is 3. The van der Waals surface area contributed by atoms with Crippen LogP contribution >= 0.6 is 0 Å². The Morgan fingerprint density at radius 1 is 1.43 bits per heavy atom. The lowest BCUT2D eigenvalue weighted by Gasteiger charge is -2.27. The molecule has 1 aliphatic rings. The van der Waals surface area contributed by atoms with Crippen LogP contribution in [0.1, 0.15) is 48.6 Å². The van der Waals surface area contributed by atoms with E-state index in [9.17, 15) is 5.11 Å². The van der Waals surface area contributed by atoms with Gasteiger partial charge in [-0.05, 0) is 36.8 Å². The minimum absolute atomic E-state index is 0.342. The van der Waals surface area contributed by atoms with Gasteiger partial charge in [0.1, 0.15) is 5.75 Å². The SMILES string of the molecule is CCc1nn(C)cc1C(O)CC1CCOc2ccccc21. The van der Waals surface area contributed by atoms with Gasteiger partial charge in [-0.3, -0.25) is 4.68 Å². The fourth-order valence-corrected chi connectivity index (χ4v) is 3.16. The third-order valence-electron chi connectivity index (χ3n) is 4.22. The average Bonchev–Trinajstić information content (AvgIpc) is 2.89. The quantitative estimate of drug-likeness (QED) is 0.940. The second-order valence-corrected chi connectivity index (χ2v) is 5.68. The fourth-order valence-electron chi connectivity index (χ4n) is 3.16. The van der Waals surface area contributed by atoms with Gasteiger partial charge in [-0.25, -0.2) is 0 Å². The first-order chi connectivity index (χ1) is 10.2. The van der Waals surface area contributed by atoms with Crippen molar-refractivity contribution < 1.29 is 9.84 Å². The largest absolute Gasteiger partial charge is 0.493 e. The lowest BCUT2D eigenvalue weighted by Crippen LogP contribution is -2.16. The number of aliphatic hydroxyl groups excluding tert-OH is 1. The Morgan fingerprint density at radius 2 is 2.24 bits per heavy atom. The zero-order valence-electron chi connectivity index (χ0n) is 12.6. The van der Waals surface area contributed by atoms with Crippen molar-refractivity contribution >= 4 is 0 Å². The highest BCUT2D eigenvalue weighted by molar-refractivity contribution is 5.38. The molecule has 1 aliphatic heterocycles. The number of benzene rings is 1. The predicted octanol–water partition coefficient (Wildman–Crippen LogP) is 2.97. The Labute approximate surface area is 125 Å². The van der Waals surface area contributed by atoms with Crippen molar-refractivity contribution in [1.29, 1.82) is 0 Å². The zero-order chi connectivity index (χ0) is 14.8. The van der Waals surface area contributed by atoms with Crippen LogP contribution in [0, 0.1) is 0 Å². The van der Waals surface area contributed by atoms with Gasteiger partial charge < -0.3 is 9.84 Å². The van der Waals surface area contributed by atoms with Crippen LogP contribution in [0.15, 0.2) is 30.5 Å². The van der Waals surface area contributed by atoms with Crippen LogP contribution in [0.25, 0.3) is 0 Å². The molecule has 2 heterocycles. The van der Waals surface area contributed by atoms with E-state index in [4.69, 9.17) is 4.74 Å². The normalized spacial score (nSPS) is 18.9. The number of aryl methyl sites for hydroxylation is 2. The molecule has 0 spiro atoms. The first kappa shape index (κ1) is 14.1. The number of para-hydroxylation sites is 1. The van der Waals surface area contributed by atoms with E-state index in [1.54, 1.807) is 4.68 Å². The van der Waals surface area contributed by atoms with Gasteiger partial charge in [0.25, 0.3) is 0 Å². The van der Waals surface area contributed by atoms with Gasteiger partial charge in [0.15, 0.2) is 0 Å². The minimum Gasteiger partial charge on any atom is -0.493 e. The van der Waals surface area contributed by atoms with E-state index in [0.717, 1.165) is 42.9 Å². The van der Waals surface area contributed by atoms with Crippen LogP contribution in [0.3, 0.4) is 0 Å². The number of aliphatic hydroxyl groups is 1. The van der Waals surface area contributed by atoms with Crippen molar-refractivity contribution in [3.05, 3.63) is 47.3 Å². The molecule has 0 saturated carbocycles. The molecule has 0 aliphatic carbocycles. The van der Waals surface area contributed by atoms with E-state index in [2.05, 4.69) is 18.1 Å². The summed E-state index contributed by atoms with van der Waals surface area (Å²) in [6.45, 7) is 2.80. The molecule has 2 unspecified atom stereocenters. The van der Waals surface area contributed by atoms with E-state index in [0.29, 0.717) is 5.92 Å². The number of fused-ring (bicyclic) bond motifs is 1. The van der Waals surface area contributed by atoms with E-state index in [1.165, 1.54) is 5.56 Å². The van der Waals surface area contributed by atoms with Gasteiger partial charge in [-0.2, -0.15) is 5.10 Å². The third-order valence-corrected chi connectivity index (χ3v) is 4.22. The van der Waals surface area contributed by atoms with Gasteiger partial charge in [0, 0.05) is 18.8 Å². The number of nitrogens with zero attached hydrogens (tertiary/aromatic N) is 2. The topological polar surface area (TPSA) is 47.3 Å². The molecule has 0 fully saturated rings. The van der Waals surface area contributed by atoms with E-state index in [1.807, 2.05) is 31.4 Å². The number of aromatic nitrogens is 2. The van der Waals surface area contributed by atoms with Crippen molar-refractivity contribution in [2.75, 3.05) is 6.61 Å². The second kappa shape index (κ2) is 5.90. The summed E-state index contributed by atoms with van der Waals surface area (Å²) in [6, 6.07) is 8.15. The summed E-state index contributed by atoms with van der Waals surface area (Å²) in [4.78, 5) is 0. The average molecular weight is 286 g/mol. The maximum atomic E-state index is 10.6. The molecule has 0 amide bonds. The smallest absolute Gasteiger partial charge is 0.122 e. The van der Waals surface area contributed by atoms with Crippen LogP contribution in [0.2, 0.25) is 0 Å². The Balaban J connectivity index is 1.81. The summed E-state index contributed by atoms with van der Waals surface area (Å²) in [6.07, 6.45) is 3.99. The molecule has 21 heavy (non-hydrogen) atoms. The maximum Gasteiger partial charge on any atom is 0.122 e. The Hall–Kier alpha value is -1.81. The Kier molecular flexibility index (Phi) is 3.97. The van der Waals surface area contributed by atoms with Crippen LogP contribution in [0.5, 0.6) is 5.75 Å². The summed E-state index contributed by atoms with van der Waals surface area (Å²) in [7, 11) is 1.90. The molecule has 4 heteroatoms. The van der Waals surface area contributed by atoms with Crippen LogP contribution in [-0.2, 0) is 13.5 Å². The molecule has 1 aromatic heterocycles. The number of rotatable bonds is 4. The molecular formula is C17H22N2O2. The Bertz CT molecular complexity index is 621. The lowest BCUT2D eigenvalue weighted by atomic mass is 9.86. The molecule has 1 aromatic carbocycles. The summed E-state index contributed by atoms with van der Waals surface area (Å²) in [5.74, 6) is 1.30. The number of ether oxygens (including phenoxy) is 1. The summed E-state index contributed by atoms with van der Waals surface area (Å²) < 4.78 is 7.48. The zero-order valence-corrected chi connectivity index (χ0v) is 12.6. The van der Waals surface area contributed by atoms with Crippen molar-refractivity contribution in [2.45, 2.75) is 38.2 Å². The van der Waals surface area contributed by atoms with E-state index >= 15 is 0 Å². The highest BCUT2D eigenvalue weighted by atomic mass is 16.5. The molecule has 112 valence electrons. The van der Waals surface area contributed by atoms with Crippen molar-refractivity contribution in [2.24, 2.45) is 7.05 Å². The van der Waals surface area contributed by atoms with Gasteiger partial charge in [0.2, 0.25) is 0 Å². The Morgan fingerprint density at radius 3 is 3.05 bits per heavy atom. The molecule has 0 radical (unpaired) electrons. The molecule has 0 bridgehead atoms. The highest BCUT2D eigenvalue weighted by Gasteiger charge is 2.25. The summed E-state index contributed by atoms with van der Waals surface area (Å²) in [5, 5.41) is 15.0. The van der Waals surface area contributed by atoms with Crippen molar-refractivity contribution in [3.8, 4) is 5.75 Å². The van der Waals surface area contributed by atoms with Crippen LogP contribution < -0.4 is 4.74 Å². The van der Waals surface area contributed by atoms with Crippen molar-refractivity contribution in [1.82, 2.24) is 9.78 Å². The number of hydrogen-bond donors (Lipinski definition) is 1. The molecule has 0 saturated heterocycles. The van der Waals surface area contributed by atoms with E-state index in [-0.39, 0.29) is 0 Å². The third kappa shape index (κ3) is 2.81. The van der Waals surface area contributed by atoms with Crippen LogP contribution in [0.4, 0.5) is 0 Å². The fraction of sp³-hybridized carbons (Fsp3) is 0.471. The molecule has 3 rings (SSSR count). The van der Waals surface area contributed by atoms with Gasteiger partial charge in [-0.15, -0.1) is 0 Å². The lowest BCUT2D eigenvalue weighted by molar-refractivity contribution is 0.144. The molecule has 2 aromatic rings. The predicted molar refractivity (Wildman–Crippen MR) is 81.5 cm³/mol. The molecule has 1 N–H and O–H groups in total. The summed E-state index contributed by atoms with van der Waals surface area (Å²) in [5.41, 5.74) is 3.17. The van der Waals surface area contributed by atoms with Gasteiger partial charge in [-0.1, -0.05) is 25.1 Å². The standard InChI is InChI=1S/C17H22N2O2/c1-3-15-14(11-19(2)18-15)16(20)10-12-8-9-21-17-7-5-4-6-13(12)17/h4-7,11-12,16,20H,3,8-10H2,1-2H3. The first-order valence-corrected chi connectivity index (χ1v) is 7.61. The second-order valence-electron chi connectivity index (χ2n) is 5.68. The molecule has 2 atom stereocenters. The van der Waals surface area contributed by atoms with E-state index < -0.39 is 6.10 Å². The first-order valence-electron chi connectivity index (χ1n) is 7.61. The maximum absolute atomic E-state index is 10.6. The molecular weight excluding hydrogens is 264 g/mol. The van der Waals surface area contributed by atoms with Gasteiger partial charge >= 0.3 is 0 Å². The van der Waals surface area contributed by atoms with Crippen molar-refractivity contribution in [3.63, 3.8) is 0 Å².